The molecule has 0 heterocycles. The van der Waals surface area contributed by atoms with E-state index in [0.717, 1.165) is 24.1 Å². The molecule has 1 aromatic rings. The van der Waals surface area contributed by atoms with E-state index in [1.165, 1.54) is 63.4 Å². The Balaban J connectivity index is 2.04. The Bertz CT molecular complexity index is 334. The molecule has 0 aromatic heterocycles. The molecule has 0 N–H and O–H groups in total. The molecule has 0 amide bonds. The SMILES string of the molecule is CCCCOc1ccc(CCCCCCCCCBr)cc1. The van der Waals surface area contributed by atoms with Crippen LogP contribution in [0.4, 0.5) is 0 Å². The molecule has 1 nitrogen and oxygen atoms in total. The number of halogens is 1. The predicted octanol–water partition coefficient (Wildman–Crippen LogP) is 6.53. The topological polar surface area (TPSA) is 9.23 Å². The number of unbranched alkanes of at least 4 members (excludes halogenated alkanes) is 7. The number of ether oxygens (including phenoxy) is 1. The first-order chi connectivity index (χ1) is 10.4. The largest absolute Gasteiger partial charge is 0.494 e. The maximum Gasteiger partial charge on any atom is 0.119 e. The van der Waals surface area contributed by atoms with Gasteiger partial charge in [0, 0.05) is 5.33 Å². The molecule has 0 saturated carbocycles. The maximum absolute atomic E-state index is 5.69. The van der Waals surface area contributed by atoms with Crippen molar-refractivity contribution in [2.24, 2.45) is 0 Å². The molecule has 2 heteroatoms. The molecule has 0 bridgehead atoms. The molecule has 0 aliphatic rings. The summed E-state index contributed by atoms with van der Waals surface area (Å²) >= 11 is 3.48. The molecule has 1 rings (SSSR count). The summed E-state index contributed by atoms with van der Waals surface area (Å²) in [6.45, 7) is 3.03. The smallest absolute Gasteiger partial charge is 0.119 e. The van der Waals surface area contributed by atoms with Gasteiger partial charge in [-0.25, -0.2) is 0 Å². The lowest BCUT2D eigenvalue weighted by Crippen LogP contribution is -1.96. The average molecular weight is 355 g/mol. The standard InChI is InChI=1S/C19H31BrO/c1-2-3-17-21-19-14-12-18(13-15-19)11-9-7-5-4-6-8-10-16-20/h12-15H,2-11,16-17H2,1H3. The summed E-state index contributed by atoms with van der Waals surface area (Å²) in [4.78, 5) is 0. The van der Waals surface area contributed by atoms with E-state index in [1.54, 1.807) is 0 Å². The molecular formula is C19H31BrO. The second-order valence-corrected chi connectivity index (χ2v) is 6.55. The molecule has 0 fully saturated rings. The zero-order valence-electron chi connectivity index (χ0n) is 13.6. The van der Waals surface area contributed by atoms with E-state index in [1.807, 2.05) is 0 Å². The molecule has 0 aliphatic heterocycles. The van der Waals surface area contributed by atoms with Crippen LogP contribution in [-0.2, 0) is 6.42 Å². The fraction of sp³-hybridized carbons (Fsp3) is 0.684. The highest BCUT2D eigenvalue weighted by Gasteiger charge is 1.97. The quantitative estimate of drug-likeness (QED) is 0.289. The van der Waals surface area contributed by atoms with Gasteiger partial charge in [-0.05, 0) is 43.4 Å². The zero-order chi connectivity index (χ0) is 15.2. The lowest BCUT2D eigenvalue weighted by atomic mass is 10.0. The van der Waals surface area contributed by atoms with Crippen LogP contribution in [0.3, 0.4) is 0 Å². The normalized spacial score (nSPS) is 10.8. The molecule has 1 aromatic carbocycles. The highest BCUT2D eigenvalue weighted by molar-refractivity contribution is 9.09. The van der Waals surface area contributed by atoms with Crippen LogP contribution >= 0.6 is 15.9 Å². The Morgan fingerprint density at radius 2 is 1.43 bits per heavy atom. The summed E-state index contributed by atoms with van der Waals surface area (Å²) in [5.74, 6) is 1.01. The van der Waals surface area contributed by atoms with Crippen molar-refractivity contribution in [3.05, 3.63) is 29.8 Å². The van der Waals surface area contributed by atoms with Gasteiger partial charge in [0.1, 0.15) is 5.75 Å². The maximum atomic E-state index is 5.69. The van der Waals surface area contributed by atoms with Crippen molar-refractivity contribution in [2.45, 2.75) is 71.1 Å². The fourth-order valence-electron chi connectivity index (χ4n) is 2.39. The Labute approximate surface area is 139 Å². The van der Waals surface area contributed by atoms with Gasteiger partial charge in [0.25, 0.3) is 0 Å². The van der Waals surface area contributed by atoms with Gasteiger partial charge in [0.15, 0.2) is 0 Å². The number of benzene rings is 1. The first kappa shape index (κ1) is 18.5. The molecule has 0 spiro atoms. The van der Waals surface area contributed by atoms with Crippen molar-refractivity contribution in [2.75, 3.05) is 11.9 Å². The first-order valence-corrected chi connectivity index (χ1v) is 9.76. The highest BCUT2D eigenvalue weighted by Crippen LogP contribution is 2.15. The summed E-state index contributed by atoms with van der Waals surface area (Å²) in [5.41, 5.74) is 1.44. The summed E-state index contributed by atoms with van der Waals surface area (Å²) in [5, 5.41) is 1.16. The van der Waals surface area contributed by atoms with Crippen molar-refractivity contribution in [1.82, 2.24) is 0 Å². The van der Waals surface area contributed by atoms with Crippen LogP contribution in [0.5, 0.6) is 5.75 Å². The fourth-order valence-corrected chi connectivity index (χ4v) is 2.79. The Kier molecular flexibility index (Phi) is 11.6. The molecule has 21 heavy (non-hydrogen) atoms. The van der Waals surface area contributed by atoms with E-state index in [9.17, 15) is 0 Å². The minimum absolute atomic E-state index is 0.838. The molecule has 0 unspecified atom stereocenters. The molecular weight excluding hydrogens is 324 g/mol. The van der Waals surface area contributed by atoms with Crippen molar-refractivity contribution < 1.29 is 4.74 Å². The van der Waals surface area contributed by atoms with Crippen molar-refractivity contribution >= 4 is 15.9 Å². The van der Waals surface area contributed by atoms with Crippen LogP contribution in [0.2, 0.25) is 0 Å². The van der Waals surface area contributed by atoms with Crippen LogP contribution in [0.25, 0.3) is 0 Å². The van der Waals surface area contributed by atoms with E-state index in [-0.39, 0.29) is 0 Å². The number of hydrogen-bond donors (Lipinski definition) is 0. The van der Waals surface area contributed by atoms with E-state index < -0.39 is 0 Å². The van der Waals surface area contributed by atoms with Crippen LogP contribution < -0.4 is 4.74 Å². The van der Waals surface area contributed by atoms with Crippen molar-refractivity contribution in [3.63, 3.8) is 0 Å². The van der Waals surface area contributed by atoms with Crippen LogP contribution in [0.15, 0.2) is 24.3 Å². The number of rotatable bonds is 13. The third-order valence-corrected chi connectivity index (χ3v) is 4.35. The van der Waals surface area contributed by atoms with Gasteiger partial charge in [-0.2, -0.15) is 0 Å². The Morgan fingerprint density at radius 1 is 0.810 bits per heavy atom. The van der Waals surface area contributed by atoms with E-state index in [4.69, 9.17) is 4.74 Å². The second kappa shape index (κ2) is 13.2. The molecule has 0 radical (unpaired) electrons. The number of aryl methyl sites for hydroxylation is 1. The van der Waals surface area contributed by atoms with E-state index >= 15 is 0 Å². The van der Waals surface area contributed by atoms with Gasteiger partial charge in [0.2, 0.25) is 0 Å². The van der Waals surface area contributed by atoms with E-state index in [2.05, 4.69) is 47.1 Å². The summed E-state index contributed by atoms with van der Waals surface area (Å²) in [6, 6.07) is 8.67. The monoisotopic (exact) mass is 354 g/mol. The highest BCUT2D eigenvalue weighted by atomic mass is 79.9. The van der Waals surface area contributed by atoms with Gasteiger partial charge >= 0.3 is 0 Å². The predicted molar refractivity (Wildman–Crippen MR) is 96.7 cm³/mol. The number of alkyl halides is 1. The van der Waals surface area contributed by atoms with Gasteiger partial charge < -0.3 is 4.74 Å². The lowest BCUT2D eigenvalue weighted by Gasteiger charge is -2.07. The minimum Gasteiger partial charge on any atom is -0.494 e. The minimum atomic E-state index is 0.838. The van der Waals surface area contributed by atoms with Crippen LogP contribution in [0, 0.1) is 0 Å². The van der Waals surface area contributed by atoms with E-state index in [0.29, 0.717) is 0 Å². The second-order valence-electron chi connectivity index (χ2n) is 5.76. The Hall–Kier alpha value is -0.500. The van der Waals surface area contributed by atoms with Gasteiger partial charge in [-0.3, -0.25) is 0 Å². The molecule has 0 aliphatic carbocycles. The summed E-state index contributed by atoms with van der Waals surface area (Å²) < 4.78 is 5.69. The first-order valence-electron chi connectivity index (χ1n) is 8.64. The van der Waals surface area contributed by atoms with Gasteiger partial charge in [0.05, 0.1) is 6.61 Å². The molecule has 0 atom stereocenters. The zero-order valence-corrected chi connectivity index (χ0v) is 15.2. The number of hydrogen-bond acceptors (Lipinski definition) is 1. The van der Waals surface area contributed by atoms with Crippen LogP contribution in [0.1, 0.15) is 70.3 Å². The van der Waals surface area contributed by atoms with Gasteiger partial charge in [-0.1, -0.05) is 73.5 Å². The van der Waals surface area contributed by atoms with Crippen LogP contribution in [-0.4, -0.2) is 11.9 Å². The lowest BCUT2D eigenvalue weighted by molar-refractivity contribution is 0.309. The van der Waals surface area contributed by atoms with Crippen molar-refractivity contribution in [3.8, 4) is 5.75 Å². The van der Waals surface area contributed by atoms with Gasteiger partial charge in [-0.15, -0.1) is 0 Å². The average Bonchev–Trinajstić information content (AvgIpc) is 2.52. The summed E-state index contributed by atoms with van der Waals surface area (Å²) in [7, 11) is 0. The van der Waals surface area contributed by atoms with Crippen molar-refractivity contribution in [1.29, 1.82) is 0 Å². The Morgan fingerprint density at radius 3 is 2.05 bits per heavy atom. The third kappa shape index (κ3) is 9.95. The third-order valence-electron chi connectivity index (χ3n) is 3.79. The molecule has 120 valence electrons. The summed E-state index contributed by atoms with van der Waals surface area (Å²) in [6.07, 6.45) is 13.1. The molecule has 0 saturated heterocycles.